The lowest BCUT2D eigenvalue weighted by molar-refractivity contribution is -0.137. The average Bonchev–Trinajstić information content (AvgIpc) is 3.01. The maximum atomic E-state index is 15.1. The predicted octanol–water partition coefficient (Wildman–Crippen LogP) is 4.94. The molecule has 0 radical (unpaired) electrons. The van der Waals surface area contributed by atoms with Crippen LogP contribution in [0.5, 0.6) is 11.6 Å². The van der Waals surface area contributed by atoms with E-state index in [4.69, 9.17) is 14.2 Å². The summed E-state index contributed by atoms with van der Waals surface area (Å²) < 4.78 is 46.7. The summed E-state index contributed by atoms with van der Waals surface area (Å²) in [5.74, 6) is -2.08. The topological polar surface area (TPSA) is 129 Å². The summed E-state index contributed by atoms with van der Waals surface area (Å²) in [7, 11) is 3.68. The first-order valence-electron chi connectivity index (χ1n) is 15.0. The highest BCUT2D eigenvalue weighted by atomic mass is 19.3. The van der Waals surface area contributed by atoms with Crippen LogP contribution in [0, 0.1) is 11.3 Å². The number of methoxy groups -OCH3 is 1. The zero-order valence-electron chi connectivity index (χ0n) is 26.6. The molecule has 2 aliphatic rings. The van der Waals surface area contributed by atoms with Crippen molar-refractivity contribution in [2.45, 2.75) is 44.8 Å². The number of anilines is 3. The van der Waals surface area contributed by atoms with Gasteiger partial charge in [0.05, 0.1) is 24.9 Å². The Morgan fingerprint density at radius 1 is 1.09 bits per heavy atom. The van der Waals surface area contributed by atoms with Crippen molar-refractivity contribution in [3.05, 3.63) is 48.2 Å². The van der Waals surface area contributed by atoms with Crippen molar-refractivity contribution < 1.29 is 27.8 Å². The van der Waals surface area contributed by atoms with E-state index in [1.165, 1.54) is 12.1 Å². The average molecular weight is 637 g/mol. The Morgan fingerprint density at radius 2 is 1.85 bits per heavy atom. The van der Waals surface area contributed by atoms with Gasteiger partial charge in [0.15, 0.2) is 6.10 Å². The minimum absolute atomic E-state index is 0.0192. The third-order valence-electron chi connectivity index (χ3n) is 7.62. The molecular weight excluding hydrogens is 598 g/mol. The summed E-state index contributed by atoms with van der Waals surface area (Å²) in [4.78, 5) is 31.3. The number of carbonyl (C=O) groups is 1. The number of ether oxygens (including phenoxy) is 3. The Bertz CT molecular complexity index is 1600. The van der Waals surface area contributed by atoms with Crippen LogP contribution in [0.1, 0.15) is 32.8 Å². The molecule has 1 aromatic carbocycles. The quantitative estimate of drug-likeness (QED) is 0.379. The van der Waals surface area contributed by atoms with Crippen molar-refractivity contribution in [2.24, 2.45) is 0 Å². The van der Waals surface area contributed by atoms with Crippen LogP contribution in [-0.4, -0.2) is 102 Å². The summed E-state index contributed by atoms with van der Waals surface area (Å²) in [5, 5.41) is 12.9. The Kier molecular flexibility index (Phi) is 9.43. The molecule has 2 saturated heterocycles. The SMILES string of the molecule is COc1nc(Nc2nccc(-c3ccc(O[C@H]4CCN(C(=O)OC(C)(C)C)CC4(F)F)c(C#N)c3)n2)ccc1N1CCN(C)CC1. The minimum atomic E-state index is -3.35. The zero-order valence-corrected chi connectivity index (χ0v) is 26.6. The van der Waals surface area contributed by atoms with Crippen LogP contribution >= 0.6 is 0 Å². The number of nitriles is 1. The number of piperidine rings is 1. The van der Waals surface area contributed by atoms with E-state index in [0.717, 1.165) is 36.8 Å². The molecule has 0 bridgehead atoms. The van der Waals surface area contributed by atoms with E-state index in [0.29, 0.717) is 23.0 Å². The van der Waals surface area contributed by atoms with E-state index < -0.39 is 30.3 Å². The van der Waals surface area contributed by atoms with Gasteiger partial charge in [-0.15, -0.1) is 0 Å². The Labute approximate surface area is 266 Å². The highest BCUT2D eigenvalue weighted by Crippen LogP contribution is 2.35. The van der Waals surface area contributed by atoms with Gasteiger partial charge in [0, 0.05) is 50.9 Å². The van der Waals surface area contributed by atoms with Crippen LogP contribution in [0.25, 0.3) is 11.3 Å². The van der Waals surface area contributed by atoms with Crippen LogP contribution in [0.2, 0.25) is 0 Å². The predicted molar refractivity (Wildman–Crippen MR) is 168 cm³/mol. The molecule has 1 N–H and O–H groups in total. The number of carbonyl (C=O) groups excluding carboxylic acids is 1. The second-order valence-corrected chi connectivity index (χ2v) is 12.3. The molecule has 2 fully saturated rings. The molecule has 0 aliphatic carbocycles. The third-order valence-corrected chi connectivity index (χ3v) is 7.62. The van der Waals surface area contributed by atoms with Gasteiger partial charge in [0.2, 0.25) is 11.8 Å². The molecule has 0 unspecified atom stereocenters. The van der Waals surface area contributed by atoms with Crippen molar-refractivity contribution in [3.63, 3.8) is 0 Å². The molecule has 0 spiro atoms. The first-order chi connectivity index (χ1) is 21.8. The van der Waals surface area contributed by atoms with Crippen LogP contribution in [-0.2, 0) is 4.74 Å². The number of benzene rings is 1. The van der Waals surface area contributed by atoms with E-state index >= 15 is 8.78 Å². The number of halogens is 2. The molecule has 1 atom stereocenters. The standard InChI is InChI=1S/C32H38F2N8O4/c1-31(2,3)46-30(43)42-13-11-26(32(33,34)20-42)45-25-8-6-21(18-22(25)19-35)23-10-12-36-29(37-23)39-27-9-7-24(28(38-27)44-5)41-16-14-40(4)15-17-41/h6-10,12,18,26H,11,13-17,20H2,1-5H3,(H,36,37,38,39)/t26-/m0/s1. The molecule has 244 valence electrons. The van der Waals surface area contributed by atoms with Crippen LogP contribution in [0.15, 0.2) is 42.6 Å². The fourth-order valence-electron chi connectivity index (χ4n) is 5.21. The van der Waals surface area contributed by atoms with Crippen LogP contribution < -0.4 is 19.7 Å². The first kappa shape index (κ1) is 32.6. The van der Waals surface area contributed by atoms with Crippen LogP contribution in [0.3, 0.4) is 0 Å². The molecule has 4 heterocycles. The number of aromatic nitrogens is 3. The number of hydrogen-bond acceptors (Lipinski definition) is 11. The van der Waals surface area contributed by atoms with Gasteiger partial charge in [-0.05, 0) is 64.2 Å². The molecule has 5 rings (SSSR count). The van der Waals surface area contributed by atoms with E-state index in [2.05, 4.69) is 37.1 Å². The third kappa shape index (κ3) is 7.71. The van der Waals surface area contributed by atoms with Gasteiger partial charge >= 0.3 is 12.0 Å². The number of amides is 1. The number of likely N-dealkylation sites (N-methyl/N-ethyl adjacent to an activating group) is 1. The summed E-state index contributed by atoms with van der Waals surface area (Å²) in [6, 6.07) is 12.1. The lowest BCUT2D eigenvalue weighted by Gasteiger charge is -2.38. The summed E-state index contributed by atoms with van der Waals surface area (Å²) in [6.45, 7) is 7.85. The second-order valence-electron chi connectivity index (χ2n) is 12.3. The lowest BCUT2D eigenvalue weighted by atomic mass is 10.0. The Balaban J connectivity index is 1.28. The fraction of sp³-hybridized carbons (Fsp3) is 0.469. The summed E-state index contributed by atoms with van der Waals surface area (Å²) in [6.07, 6.45) is -0.889. The summed E-state index contributed by atoms with van der Waals surface area (Å²) >= 11 is 0. The van der Waals surface area contributed by atoms with Crippen molar-refractivity contribution in [2.75, 3.05) is 63.6 Å². The maximum absolute atomic E-state index is 15.1. The number of nitrogens with one attached hydrogen (secondary N) is 1. The highest BCUT2D eigenvalue weighted by molar-refractivity contribution is 5.69. The number of piperazine rings is 1. The van der Waals surface area contributed by atoms with E-state index in [9.17, 15) is 10.1 Å². The van der Waals surface area contributed by atoms with Crippen LogP contribution in [0.4, 0.5) is 31.0 Å². The molecule has 2 aliphatic heterocycles. The maximum Gasteiger partial charge on any atom is 0.410 e. The molecule has 12 nitrogen and oxygen atoms in total. The van der Waals surface area contributed by atoms with E-state index in [1.54, 1.807) is 46.2 Å². The van der Waals surface area contributed by atoms with Crippen molar-refractivity contribution in [1.82, 2.24) is 24.8 Å². The number of pyridine rings is 1. The van der Waals surface area contributed by atoms with Gasteiger partial charge in [-0.2, -0.15) is 10.2 Å². The number of alkyl halides is 2. The fourth-order valence-corrected chi connectivity index (χ4v) is 5.21. The summed E-state index contributed by atoms with van der Waals surface area (Å²) in [5.41, 5.74) is 1.24. The van der Waals surface area contributed by atoms with E-state index in [1.807, 2.05) is 18.2 Å². The van der Waals surface area contributed by atoms with Gasteiger partial charge in [0.25, 0.3) is 0 Å². The van der Waals surface area contributed by atoms with Gasteiger partial charge in [-0.1, -0.05) is 0 Å². The smallest absolute Gasteiger partial charge is 0.410 e. The first-order valence-corrected chi connectivity index (χ1v) is 15.0. The zero-order chi connectivity index (χ0) is 33.1. The molecule has 14 heteroatoms. The molecule has 2 aromatic heterocycles. The van der Waals surface area contributed by atoms with Gasteiger partial charge in [-0.25, -0.2) is 23.5 Å². The highest BCUT2D eigenvalue weighted by Gasteiger charge is 2.48. The number of rotatable bonds is 7. The minimum Gasteiger partial charge on any atom is -0.483 e. The van der Waals surface area contributed by atoms with Gasteiger partial charge in [0.1, 0.15) is 28.9 Å². The molecule has 1 amide bonds. The number of likely N-dealkylation sites (tertiary alicyclic amines) is 1. The normalized spacial score (nSPS) is 18.4. The molecule has 46 heavy (non-hydrogen) atoms. The number of nitrogens with zero attached hydrogens (tertiary/aromatic N) is 7. The number of hydrogen-bond donors (Lipinski definition) is 1. The second kappa shape index (κ2) is 13.3. The van der Waals surface area contributed by atoms with Crippen molar-refractivity contribution >= 4 is 23.5 Å². The largest absolute Gasteiger partial charge is 0.483 e. The molecule has 3 aromatic rings. The van der Waals surface area contributed by atoms with Crippen molar-refractivity contribution in [3.8, 4) is 29.0 Å². The monoisotopic (exact) mass is 636 g/mol. The van der Waals surface area contributed by atoms with E-state index in [-0.39, 0.29) is 30.2 Å². The molecular formula is C32H38F2N8O4. The van der Waals surface area contributed by atoms with Crippen molar-refractivity contribution in [1.29, 1.82) is 5.26 Å². The Hall–Kier alpha value is -4.77. The molecule has 0 saturated carbocycles. The lowest BCUT2D eigenvalue weighted by Crippen LogP contribution is -2.56. The Morgan fingerprint density at radius 3 is 2.52 bits per heavy atom. The van der Waals surface area contributed by atoms with Gasteiger partial charge in [-0.3, -0.25) is 0 Å². The van der Waals surface area contributed by atoms with Gasteiger partial charge < -0.3 is 34.2 Å².